The first-order valence-corrected chi connectivity index (χ1v) is 18.2. The standard InChI is InChI=1S/C29H30N4O5S4/c1-20-10-13-31(14-11-20)42(37,38)25-9-5-6-21(16-25)27-22(18-32(30-27)23-7-3-2-4-8-23)17-26-28(34)33(29(39)40-26)24-12-15-41(35,36)19-24/h2-9,16-18,20,24H,10-15,19H2,1H3/b26-17-. The lowest BCUT2D eigenvalue weighted by molar-refractivity contribution is -0.123. The van der Waals surface area contributed by atoms with Crippen LogP contribution in [-0.2, 0) is 24.7 Å². The van der Waals surface area contributed by atoms with Gasteiger partial charge in [0.25, 0.3) is 5.91 Å². The summed E-state index contributed by atoms with van der Waals surface area (Å²) < 4.78 is 54.8. The van der Waals surface area contributed by atoms with Crippen LogP contribution in [0.15, 0.2) is 70.6 Å². The minimum atomic E-state index is -3.69. The van der Waals surface area contributed by atoms with Gasteiger partial charge in [-0.2, -0.15) is 9.40 Å². The lowest BCUT2D eigenvalue weighted by Crippen LogP contribution is -2.39. The average Bonchev–Trinajstić information content (AvgIpc) is 3.64. The number of thiocarbonyl (C=S) groups is 1. The van der Waals surface area contributed by atoms with Crippen molar-refractivity contribution in [2.45, 2.75) is 37.1 Å². The highest BCUT2D eigenvalue weighted by atomic mass is 32.2. The van der Waals surface area contributed by atoms with Gasteiger partial charge < -0.3 is 0 Å². The zero-order valence-electron chi connectivity index (χ0n) is 22.9. The molecule has 1 aromatic heterocycles. The molecule has 4 heterocycles. The number of rotatable bonds is 6. The third kappa shape index (κ3) is 5.72. The van der Waals surface area contributed by atoms with E-state index >= 15 is 0 Å². The van der Waals surface area contributed by atoms with Gasteiger partial charge in [0.1, 0.15) is 10.0 Å². The number of benzene rings is 2. The highest BCUT2D eigenvalue weighted by Crippen LogP contribution is 2.38. The fraction of sp³-hybridized carbons (Fsp3) is 0.345. The van der Waals surface area contributed by atoms with Crippen LogP contribution in [0.1, 0.15) is 31.7 Å². The third-order valence-corrected chi connectivity index (χ3v) is 12.9. The molecular weight excluding hydrogens is 613 g/mol. The number of thioether (sulfide) groups is 1. The summed E-state index contributed by atoms with van der Waals surface area (Å²) in [5, 5.41) is 4.82. The van der Waals surface area contributed by atoms with E-state index in [1.165, 1.54) is 4.90 Å². The molecule has 1 atom stereocenters. The average molecular weight is 643 g/mol. The molecule has 0 spiro atoms. The molecule has 0 bridgehead atoms. The van der Waals surface area contributed by atoms with Crippen molar-refractivity contribution in [1.82, 2.24) is 19.0 Å². The number of carbonyl (C=O) groups excluding carboxylic acids is 1. The topological polar surface area (TPSA) is 110 Å². The maximum Gasteiger partial charge on any atom is 0.266 e. The van der Waals surface area contributed by atoms with E-state index in [1.807, 2.05) is 30.3 Å². The van der Waals surface area contributed by atoms with Crippen LogP contribution in [0.3, 0.4) is 0 Å². The lowest BCUT2D eigenvalue weighted by Gasteiger charge is -2.29. The number of aromatic nitrogens is 2. The zero-order chi connectivity index (χ0) is 29.6. The highest BCUT2D eigenvalue weighted by Gasteiger charge is 2.42. The molecule has 13 heteroatoms. The van der Waals surface area contributed by atoms with Gasteiger partial charge in [-0.05, 0) is 55.5 Å². The van der Waals surface area contributed by atoms with Gasteiger partial charge in [0, 0.05) is 30.4 Å². The number of sulfonamides is 1. The summed E-state index contributed by atoms with van der Waals surface area (Å²) >= 11 is 6.63. The molecule has 6 rings (SSSR count). The fourth-order valence-corrected chi connectivity index (χ4v) is 10.1. The van der Waals surface area contributed by atoms with Crippen LogP contribution in [0, 0.1) is 5.92 Å². The minimum Gasteiger partial charge on any atom is -0.289 e. The Morgan fingerprint density at radius 3 is 2.48 bits per heavy atom. The highest BCUT2D eigenvalue weighted by molar-refractivity contribution is 8.26. The van der Waals surface area contributed by atoms with E-state index in [0.717, 1.165) is 30.3 Å². The molecule has 3 aromatic rings. The predicted octanol–water partition coefficient (Wildman–Crippen LogP) is 4.35. The van der Waals surface area contributed by atoms with E-state index in [2.05, 4.69) is 6.92 Å². The molecule has 0 aliphatic carbocycles. The Morgan fingerprint density at radius 1 is 1.05 bits per heavy atom. The van der Waals surface area contributed by atoms with Crippen molar-refractivity contribution >= 4 is 60.1 Å². The van der Waals surface area contributed by atoms with E-state index in [1.54, 1.807) is 45.5 Å². The summed E-state index contributed by atoms with van der Waals surface area (Å²) in [6.45, 7) is 3.12. The first kappa shape index (κ1) is 29.2. The van der Waals surface area contributed by atoms with Crippen molar-refractivity contribution in [3.63, 3.8) is 0 Å². The molecule has 1 unspecified atom stereocenters. The summed E-state index contributed by atoms with van der Waals surface area (Å²) in [5.41, 5.74) is 2.52. The van der Waals surface area contributed by atoms with Gasteiger partial charge in [-0.25, -0.2) is 21.5 Å². The summed E-state index contributed by atoms with van der Waals surface area (Å²) in [5.74, 6) is 0.109. The van der Waals surface area contributed by atoms with Gasteiger partial charge in [-0.3, -0.25) is 9.69 Å². The Morgan fingerprint density at radius 2 is 1.79 bits per heavy atom. The molecule has 0 radical (unpaired) electrons. The second-order valence-electron chi connectivity index (χ2n) is 10.9. The van der Waals surface area contributed by atoms with Crippen molar-refractivity contribution in [1.29, 1.82) is 0 Å². The number of sulfone groups is 1. The number of hydrogen-bond donors (Lipinski definition) is 0. The molecule has 3 aliphatic heterocycles. The predicted molar refractivity (Wildman–Crippen MR) is 168 cm³/mol. The Hall–Kier alpha value is -2.84. The zero-order valence-corrected chi connectivity index (χ0v) is 26.2. The Kier molecular flexibility index (Phi) is 7.90. The first-order valence-electron chi connectivity index (χ1n) is 13.7. The molecule has 3 fully saturated rings. The van der Waals surface area contributed by atoms with E-state index in [9.17, 15) is 21.6 Å². The van der Waals surface area contributed by atoms with E-state index in [0.29, 0.717) is 51.5 Å². The number of hydrogen-bond acceptors (Lipinski definition) is 8. The smallest absolute Gasteiger partial charge is 0.266 e. The van der Waals surface area contributed by atoms with Crippen molar-refractivity contribution in [2.24, 2.45) is 5.92 Å². The summed E-state index contributed by atoms with van der Waals surface area (Å²) in [6.07, 6.45) is 5.52. The second-order valence-corrected chi connectivity index (χ2v) is 16.8. The lowest BCUT2D eigenvalue weighted by atomic mass is 10.0. The largest absolute Gasteiger partial charge is 0.289 e. The number of carbonyl (C=O) groups is 1. The summed E-state index contributed by atoms with van der Waals surface area (Å²) in [4.78, 5) is 15.5. The molecule has 3 aliphatic rings. The number of amides is 1. The van der Waals surface area contributed by atoms with Crippen molar-refractivity contribution in [3.05, 3.63) is 71.3 Å². The molecule has 3 saturated heterocycles. The number of piperidine rings is 1. The summed E-state index contributed by atoms with van der Waals surface area (Å²) in [6, 6.07) is 15.8. The van der Waals surface area contributed by atoms with Gasteiger partial charge in [0.05, 0.1) is 33.0 Å². The third-order valence-electron chi connectivity index (χ3n) is 7.93. The van der Waals surface area contributed by atoms with E-state index in [4.69, 9.17) is 17.3 Å². The van der Waals surface area contributed by atoms with Gasteiger partial charge in [0.2, 0.25) is 10.0 Å². The second kappa shape index (κ2) is 11.3. The monoisotopic (exact) mass is 642 g/mol. The van der Waals surface area contributed by atoms with Crippen LogP contribution in [0.5, 0.6) is 0 Å². The van der Waals surface area contributed by atoms with Gasteiger partial charge in [-0.15, -0.1) is 0 Å². The van der Waals surface area contributed by atoms with E-state index in [-0.39, 0.29) is 22.3 Å². The van der Waals surface area contributed by atoms with Gasteiger partial charge >= 0.3 is 0 Å². The number of para-hydroxylation sites is 1. The van der Waals surface area contributed by atoms with Gasteiger partial charge in [-0.1, -0.05) is 61.2 Å². The Bertz CT molecular complexity index is 1790. The normalized spacial score (nSPS) is 22.8. The molecule has 1 amide bonds. The maximum atomic E-state index is 13.5. The Labute approximate surface area is 255 Å². The van der Waals surface area contributed by atoms with Crippen molar-refractivity contribution in [3.8, 4) is 16.9 Å². The van der Waals surface area contributed by atoms with Crippen LogP contribution in [-0.4, -0.2) is 76.7 Å². The SMILES string of the molecule is CC1CCN(S(=O)(=O)c2cccc(-c3nn(-c4ccccc4)cc3/C=C3\SC(=S)N(C4CCS(=O)(=O)C4)C3=O)c2)CC1. The molecule has 2 aromatic carbocycles. The molecular formula is C29H30N4O5S4. The van der Waals surface area contributed by atoms with Crippen LogP contribution >= 0.6 is 24.0 Å². The summed E-state index contributed by atoms with van der Waals surface area (Å²) in [7, 11) is -6.89. The van der Waals surface area contributed by atoms with Crippen molar-refractivity contribution < 1.29 is 21.6 Å². The Balaban J connectivity index is 1.39. The van der Waals surface area contributed by atoms with Crippen LogP contribution in [0.2, 0.25) is 0 Å². The minimum absolute atomic E-state index is 0.0392. The van der Waals surface area contributed by atoms with Crippen molar-refractivity contribution in [2.75, 3.05) is 24.6 Å². The first-order chi connectivity index (χ1) is 20.0. The molecule has 42 heavy (non-hydrogen) atoms. The molecule has 0 saturated carbocycles. The fourth-order valence-electron chi connectivity index (χ4n) is 5.52. The van der Waals surface area contributed by atoms with Gasteiger partial charge in [0.15, 0.2) is 9.84 Å². The molecule has 0 N–H and O–H groups in total. The van der Waals surface area contributed by atoms with E-state index < -0.39 is 25.9 Å². The van der Waals surface area contributed by atoms with Crippen LogP contribution < -0.4 is 0 Å². The van der Waals surface area contributed by atoms with Crippen LogP contribution in [0.25, 0.3) is 23.0 Å². The molecule has 9 nitrogen and oxygen atoms in total. The quantitative estimate of drug-likeness (QED) is 0.289. The van der Waals surface area contributed by atoms with Crippen LogP contribution in [0.4, 0.5) is 0 Å². The molecule has 220 valence electrons. The maximum absolute atomic E-state index is 13.5. The number of nitrogens with zero attached hydrogens (tertiary/aromatic N) is 4.